The highest BCUT2D eigenvalue weighted by Gasteiger charge is 2.34. The Morgan fingerprint density at radius 1 is 1.33 bits per heavy atom. The molecule has 2 heterocycles. The van der Waals surface area contributed by atoms with Crippen molar-refractivity contribution in [3.63, 3.8) is 0 Å². The van der Waals surface area contributed by atoms with Crippen LogP contribution in [0.25, 0.3) is 0 Å². The number of aryl methyl sites for hydroxylation is 1. The largest absolute Gasteiger partial charge is 0.380 e. The maximum Gasteiger partial charge on any atom is 0.242 e. The van der Waals surface area contributed by atoms with Crippen molar-refractivity contribution in [1.82, 2.24) is 0 Å². The summed E-state index contributed by atoms with van der Waals surface area (Å²) in [6.45, 7) is 1.27. The van der Waals surface area contributed by atoms with E-state index in [0.717, 1.165) is 24.1 Å². The minimum atomic E-state index is -3.43. The van der Waals surface area contributed by atoms with Gasteiger partial charge in [-0.15, -0.1) is 0 Å². The van der Waals surface area contributed by atoms with Crippen molar-refractivity contribution in [2.75, 3.05) is 30.4 Å². The molecule has 21 heavy (non-hydrogen) atoms. The van der Waals surface area contributed by atoms with E-state index in [4.69, 9.17) is 4.74 Å². The van der Waals surface area contributed by atoms with E-state index in [1.165, 1.54) is 0 Å². The summed E-state index contributed by atoms with van der Waals surface area (Å²) in [5.74, 6) is -0.746. The lowest BCUT2D eigenvalue weighted by atomic mass is 10.0. The molecule has 0 aliphatic carbocycles. The molecule has 114 valence electrons. The highest BCUT2D eigenvalue weighted by molar-refractivity contribution is 7.92. The van der Waals surface area contributed by atoms with Crippen LogP contribution in [0.5, 0.6) is 0 Å². The fourth-order valence-electron chi connectivity index (χ4n) is 2.96. The van der Waals surface area contributed by atoms with Crippen molar-refractivity contribution in [2.24, 2.45) is 0 Å². The van der Waals surface area contributed by atoms with Crippen molar-refractivity contribution in [3.8, 4) is 0 Å². The third kappa shape index (κ3) is 2.96. The zero-order chi connectivity index (χ0) is 14.9. The van der Waals surface area contributed by atoms with Crippen molar-refractivity contribution in [1.29, 1.82) is 0 Å². The second-order valence-corrected chi connectivity index (χ2v) is 7.85. The Morgan fingerprint density at radius 3 is 2.90 bits per heavy atom. The summed E-state index contributed by atoms with van der Waals surface area (Å²) in [4.78, 5) is 14.1. The molecule has 1 atom stereocenters. The molecule has 5 nitrogen and oxygen atoms in total. The van der Waals surface area contributed by atoms with Gasteiger partial charge in [-0.3, -0.25) is 4.79 Å². The smallest absolute Gasteiger partial charge is 0.242 e. The second-order valence-electron chi connectivity index (χ2n) is 5.57. The van der Waals surface area contributed by atoms with Crippen molar-refractivity contribution in [2.45, 2.75) is 24.5 Å². The van der Waals surface area contributed by atoms with Gasteiger partial charge in [0.1, 0.15) is 5.75 Å². The van der Waals surface area contributed by atoms with Crippen LogP contribution in [0.2, 0.25) is 0 Å². The summed E-state index contributed by atoms with van der Waals surface area (Å²) in [5, 5.41) is -0.526. The van der Waals surface area contributed by atoms with Gasteiger partial charge in [0.25, 0.3) is 0 Å². The van der Waals surface area contributed by atoms with E-state index in [2.05, 4.69) is 0 Å². The van der Waals surface area contributed by atoms with E-state index in [0.29, 0.717) is 19.6 Å². The number of hydrogen-bond donors (Lipinski definition) is 0. The molecule has 6 heteroatoms. The molecule has 1 fully saturated rings. The molecule has 2 aliphatic rings. The normalized spacial score (nSPS) is 22.1. The first-order chi connectivity index (χ1) is 10.1. The highest BCUT2D eigenvalue weighted by atomic mass is 32.2. The van der Waals surface area contributed by atoms with E-state index in [1.807, 2.05) is 24.3 Å². The molecule has 0 unspecified atom stereocenters. The fourth-order valence-corrected chi connectivity index (χ4v) is 4.45. The highest BCUT2D eigenvalue weighted by Crippen LogP contribution is 2.27. The molecule has 1 amide bonds. The molecule has 0 bridgehead atoms. The fraction of sp³-hybridized carbons (Fsp3) is 0.533. The van der Waals surface area contributed by atoms with Gasteiger partial charge in [0, 0.05) is 18.8 Å². The Kier molecular flexibility index (Phi) is 3.99. The molecule has 0 spiro atoms. The number of nitrogens with zero attached hydrogens (tertiary/aromatic N) is 1. The molecule has 0 radical (unpaired) electrons. The first kappa shape index (κ1) is 14.5. The van der Waals surface area contributed by atoms with E-state index >= 15 is 0 Å². The summed E-state index contributed by atoms with van der Waals surface area (Å²) in [5.41, 5.74) is 1.96. The van der Waals surface area contributed by atoms with E-state index in [9.17, 15) is 13.2 Å². The van der Waals surface area contributed by atoms with Gasteiger partial charge in [0.05, 0.1) is 11.9 Å². The molecule has 1 aromatic rings. The third-order valence-electron chi connectivity index (χ3n) is 4.13. The Bertz CT molecular complexity index is 635. The number of para-hydroxylation sites is 1. The summed E-state index contributed by atoms with van der Waals surface area (Å²) >= 11 is 0. The average molecular weight is 309 g/mol. The zero-order valence-corrected chi connectivity index (χ0v) is 12.6. The SMILES string of the molecule is O=C(CS(=O)(=O)[C@H]1CCOC1)N1CCCc2ccccc21. The molecule has 0 aromatic heterocycles. The van der Waals surface area contributed by atoms with Crippen LogP contribution in [0, 0.1) is 0 Å². The van der Waals surface area contributed by atoms with E-state index < -0.39 is 20.8 Å². The van der Waals surface area contributed by atoms with Crippen molar-refractivity contribution >= 4 is 21.4 Å². The third-order valence-corrected chi connectivity index (χ3v) is 6.17. The van der Waals surface area contributed by atoms with Crippen LogP contribution in [0.15, 0.2) is 24.3 Å². The predicted molar refractivity (Wildman–Crippen MR) is 80.1 cm³/mol. The number of amides is 1. The van der Waals surface area contributed by atoms with Crippen LogP contribution in [0.4, 0.5) is 5.69 Å². The lowest BCUT2D eigenvalue weighted by Crippen LogP contribution is -2.41. The van der Waals surface area contributed by atoms with Crippen molar-refractivity contribution in [3.05, 3.63) is 29.8 Å². The topological polar surface area (TPSA) is 63.7 Å². The average Bonchev–Trinajstić information content (AvgIpc) is 3.01. The Morgan fingerprint density at radius 2 is 2.14 bits per heavy atom. The number of sulfone groups is 1. The second kappa shape index (κ2) is 5.77. The van der Waals surface area contributed by atoms with Gasteiger partial charge in [-0.05, 0) is 30.9 Å². The first-order valence-corrected chi connectivity index (χ1v) is 8.97. The van der Waals surface area contributed by atoms with Crippen LogP contribution in [0.1, 0.15) is 18.4 Å². The lowest BCUT2D eigenvalue weighted by Gasteiger charge is -2.29. The van der Waals surface area contributed by atoms with Crippen LogP contribution in [-0.4, -0.2) is 45.1 Å². The summed E-state index contributed by atoms with van der Waals surface area (Å²) in [6, 6.07) is 7.70. The van der Waals surface area contributed by atoms with Gasteiger partial charge in [-0.2, -0.15) is 0 Å². The predicted octanol–water partition coefficient (Wildman–Crippen LogP) is 1.17. The number of carbonyl (C=O) groups excluding carboxylic acids is 1. The number of fused-ring (bicyclic) bond motifs is 1. The Balaban J connectivity index is 1.77. The molecule has 1 aromatic carbocycles. The summed E-state index contributed by atoms with van der Waals surface area (Å²) in [6.07, 6.45) is 2.30. The Hall–Kier alpha value is -1.40. The maximum atomic E-state index is 12.4. The van der Waals surface area contributed by atoms with Gasteiger partial charge in [-0.25, -0.2) is 8.42 Å². The summed E-state index contributed by atoms with van der Waals surface area (Å²) < 4.78 is 29.7. The zero-order valence-electron chi connectivity index (χ0n) is 11.8. The lowest BCUT2D eigenvalue weighted by molar-refractivity contribution is -0.116. The monoisotopic (exact) mass is 309 g/mol. The number of carbonyl (C=O) groups is 1. The summed E-state index contributed by atoms with van der Waals surface area (Å²) in [7, 11) is -3.43. The van der Waals surface area contributed by atoms with Crippen molar-refractivity contribution < 1.29 is 17.9 Å². The molecular formula is C15H19NO4S. The van der Waals surface area contributed by atoms with Crippen LogP contribution < -0.4 is 4.90 Å². The minimum Gasteiger partial charge on any atom is -0.380 e. The molecule has 1 saturated heterocycles. The Labute approximate surface area is 124 Å². The number of hydrogen-bond acceptors (Lipinski definition) is 4. The molecule has 0 saturated carbocycles. The standard InChI is InChI=1S/C15H19NO4S/c17-15(11-21(18,19)13-7-9-20-10-13)16-8-3-5-12-4-1-2-6-14(12)16/h1-2,4,6,13H,3,5,7-11H2/t13-/m0/s1. The number of ether oxygens (including phenoxy) is 1. The molecular weight excluding hydrogens is 290 g/mol. The van der Waals surface area contributed by atoms with E-state index in [1.54, 1.807) is 4.90 Å². The van der Waals surface area contributed by atoms with Crippen LogP contribution in [0.3, 0.4) is 0 Å². The maximum absolute atomic E-state index is 12.4. The van der Waals surface area contributed by atoms with Gasteiger partial charge in [-0.1, -0.05) is 18.2 Å². The van der Waals surface area contributed by atoms with Gasteiger partial charge >= 0.3 is 0 Å². The minimum absolute atomic E-state index is 0.214. The number of rotatable bonds is 3. The van der Waals surface area contributed by atoms with Crippen LogP contribution >= 0.6 is 0 Å². The van der Waals surface area contributed by atoms with Gasteiger partial charge in [0.2, 0.25) is 5.91 Å². The number of benzene rings is 1. The van der Waals surface area contributed by atoms with Gasteiger partial charge < -0.3 is 9.64 Å². The molecule has 0 N–H and O–H groups in total. The van der Waals surface area contributed by atoms with Crippen LogP contribution in [-0.2, 0) is 25.8 Å². The number of anilines is 1. The molecule has 2 aliphatic heterocycles. The van der Waals surface area contributed by atoms with Gasteiger partial charge in [0.15, 0.2) is 9.84 Å². The van der Waals surface area contributed by atoms with E-state index in [-0.39, 0.29) is 12.5 Å². The quantitative estimate of drug-likeness (QED) is 0.841. The molecule has 3 rings (SSSR count). The first-order valence-electron chi connectivity index (χ1n) is 7.25.